The number of hydrogen-bond donors (Lipinski definition) is 1. The molecule has 0 spiro atoms. The van der Waals surface area contributed by atoms with Crippen molar-refractivity contribution in [2.45, 2.75) is 0 Å². The zero-order chi connectivity index (χ0) is 11.1. The highest BCUT2D eigenvalue weighted by molar-refractivity contribution is 9.10. The average Bonchev–Trinajstić information content (AvgIpc) is 2.08. The minimum atomic E-state index is 0.509. The van der Waals surface area contributed by atoms with Crippen LogP contribution in [0.4, 0.5) is 5.69 Å². The van der Waals surface area contributed by atoms with Crippen LogP contribution in [0.25, 0.3) is 0 Å². The van der Waals surface area contributed by atoms with Crippen LogP contribution in [0.3, 0.4) is 0 Å². The summed E-state index contributed by atoms with van der Waals surface area (Å²) in [5, 5.41) is 8.49. The molecule has 0 aromatic heterocycles. The van der Waals surface area contributed by atoms with Gasteiger partial charge in [0.2, 0.25) is 0 Å². The summed E-state index contributed by atoms with van der Waals surface area (Å²) in [7, 11) is 6.00. The largest absolute Gasteiger partial charge is 0.398 e. The summed E-state index contributed by atoms with van der Waals surface area (Å²) in [6.07, 6.45) is 0. The Morgan fingerprint density at radius 3 is 2.21 bits per heavy atom. The number of nitrogens with two attached hydrogens (primary N) is 1. The molecule has 0 aliphatic heterocycles. The highest BCUT2D eigenvalue weighted by atomic mass is 79.9. The molecule has 14 heavy (non-hydrogen) atoms. The van der Waals surface area contributed by atoms with Crippen LogP contribution in [0.5, 0.6) is 0 Å². The topological polar surface area (TPSA) is 53.0 Å². The number of benzene rings is 1. The number of anilines is 1. The van der Waals surface area contributed by atoms with Crippen LogP contribution < -0.4 is 5.73 Å². The molecule has 0 saturated carbocycles. The SMILES string of the molecule is CN(C)C.N#Cc1cc(Br)ccc1N. The molecule has 0 bridgehead atoms. The van der Waals surface area contributed by atoms with E-state index in [0.29, 0.717) is 11.3 Å². The molecule has 4 heteroatoms. The minimum absolute atomic E-state index is 0.509. The first-order valence-corrected chi connectivity index (χ1v) is 4.82. The number of nitrogens with zero attached hydrogens (tertiary/aromatic N) is 2. The van der Waals surface area contributed by atoms with Gasteiger partial charge in [0.15, 0.2) is 0 Å². The Bertz CT molecular complexity index is 326. The molecule has 0 heterocycles. The predicted octanol–water partition coefficient (Wildman–Crippen LogP) is 2.08. The Kier molecular flexibility index (Phi) is 5.93. The van der Waals surface area contributed by atoms with E-state index in [2.05, 4.69) is 15.9 Å². The van der Waals surface area contributed by atoms with Gasteiger partial charge in [0.25, 0.3) is 0 Å². The second-order valence-corrected chi connectivity index (χ2v) is 4.10. The lowest BCUT2D eigenvalue weighted by Crippen LogP contribution is -1.99. The quantitative estimate of drug-likeness (QED) is 0.723. The molecule has 1 aromatic carbocycles. The first-order valence-electron chi connectivity index (χ1n) is 4.03. The molecule has 76 valence electrons. The summed E-state index contributed by atoms with van der Waals surface area (Å²) >= 11 is 3.23. The fourth-order valence-corrected chi connectivity index (χ4v) is 0.986. The summed E-state index contributed by atoms with van der Waals surface area (Å²) in [4.78, 5) is 2.00. The number of nitriles is 1. The Morgan fingerprint density at radius 2 is 1.86 bits per heavy atom. The number of hydrogen-bond acceptors (Lipinski definition) is 3. The van der Waals surface area contributed by atoms with Crippen molar-refractivity contribution in [3.63, 3.8) is 0 Å². The lowest BCUT2D eigenvalue weighted by molar-refractivity contribution is 0.505. The van der Waals surface area contributed by atoms with Crippen LogP contribution in [0.1, 0.15) is 5.56 Å². The first-order chi connectivity index (χ1) is 6.47. The maximum atomic E-state index is 8.49. The Morgan fingerprint density at radius 1 is 1.36 bits per heavy atom. The molecule has 1 aromatic rings. The Labute approximate surface area is 93.3 Å². The van der Waals surface area contributed by atoms with Crippen molar-refractivity contribution in [3.8, 4) is 6.07 Å². The molecule has 0 unspecified atom stereocenters. The van der Waals surface area contributed by atoms with Crippen molar-refractivity contribution in [3.05, 3.63) is 28.2 Å². The van der Waals surface area contributed by atoms with Gasteiger partial charge in [-0.2, -0.15) is 5.26 Å². The summed E-state index contributed by atoms with van der Waals surface area (Å²) in [5.74, 6) is 0. The van der Waals surface area contributed by atoms with Crippen molar-refractivity contribution in [1.29, 1.82) is 5.26 Å². The summed E-state index contributed by atoms with van der Waals surface area (Å²) in [6.45, 7) is 0. The average molecular weight is 256 g/mol. The zero-order valence-electron chi connectivity index (χ0n) is 8.58. The molecule has 3 nitrogen and oxygen atoms in total. The molecular formula is C10H14BrN3. The summed E-state index contributed by atoms with van der Waals surface area (Å²) < 4.78 is 0.873. The van der Waals surface area contributed by atoms with E-state index >= 15 is 0 Å². The third-order valence-electron chi connectivity index (χ3n) is 1.14. The van der Waals surface area contributed by atoms with E-state index in [9.17, 15) is 0 Å². The number of halogens is 1. The van der Waals surface area contributed by atoms with Gasteiger partial charge in [0, 0.05) is 10.2 Å². The fraction of sp³-hybridized carbons (Fsp3) is 0.300. The van der Waals surface area contributed by atoms with Gasteiger partial charge in [-0.05, 0) is 39.3 Å². The lowest BCUT2D eigenvalue weighted by atomic mass is 10.2. The second kappa shape index (κ2) is 6.41. The molecular weight excluding hydrogens is 242 g/mol. The van der Waals surface area contributed by atoms with Crippen LogP contribution in [0.15, 0.2) is 22.7 Å². The number of rotatable bonds is 0. The lowest BCUT2D eigenvalue weighted by Gasteiger charge is -1.95. The van der Waals surface area contributed by atoms with Crippen LogP contribution in [0.2, 0.25) is 0 Å². The van der Waals surface area contributed by atoms with E-state index in [1.54, 1.807) is 18.2 Å². The van der Waals surface area contributed by atoms with Crippen molar-refractivity contribution in [2.75, 3.05) is 26.9 Å². The van der Waals surface area contributed by atoms with Crippen molar-refractivity contribution >= 4 is 21.6 Å². The van der Waals surface area contributed by atoms with E-state index in [-0.39, 0.29) is 0 Å². The van der Waals surface area contributed by atoms with E-state index < -0.39 is 0 Å². The second-order valence-electron chi connectivity index (χ2n) is 3.19. The van der Waals surface area contributed by atoms with Crippen molar-refractivity contribution in [2.24, 2.45) is 0 Å². The monoisotopic (exact) mass is 255 g/mol. The van der Waals surface area contributed by atoms with Gasteiger partial charge in [-0.1, -0.05) is 15.9 Å². The van der Waals surface area contributed by atoms with Gasteiger partial charge in [-0.25, -0.2) is 0 Å². The molecule has 0 aliphatic rings. The fourth-order valence-electron chi connectivity index (χ4n) is 0.625. The van der Waals surface area contributed by atoms with E-state index in [4.69, 9.17) is 11.0 Å². The van der Waals surface area contributed by atoms with Crippen LogP contribution in [0, 0.1) is 11.3 Å². The molecule has 0 fully saturated rings. The highest BCUT2D eigenvalue weighted by Crippen LogP contribution is 2.16. The molecule has 0 saturated heterocycles. The molecule has 0 amide bonds. The van der Waals surface area contributed by atoms with E-state index in [0.717, 1.165) is 4.47 Å². The molecule has 0 radical (unpaired) electrons. The first kappa shape index (κ1) is 12.9. The third kappa shape index (κ3) is 5.57. The molecule has 1 rings (SSSR count). The van der Waals surface area contributed by atoms with Crippen molar-refractivity contribution < 1.29 is 0 Å². The van der Waals surface area contributed by atoms with Gasteiger partial charge >= 0.3 is 0 Å². The maximum absolute atomic E-state index is 8.49. The molecule has 2 N–H and O–H groups in total. The van der Waals surface area contributed by atoms with Crippen molar-refractivity contribution in [1.82, 2.24) is 4.90 Å². The van der Waals surface area contributed by atoms with Gasteiger partial charge < -0.3 is 10.6 Å². The van der Waals surface area contributed by atoms with Crippen LogP contribution >= 0.6 is 15.9 Å². The van der Waals surface area contributed by atoms with Gasteiger partial charge in [-0.15, -0.1) is 0 Å². The smallest absolute Gasteiger partial charge is 0.101 e. The van der Waals surface area contributed by atoms with E-state index in [1.807, 2.05) is 32.1 Å². The molecule has 0 aliphatic carbocycles. The van der Waals surface area contributed by atoms with Gasteiger partial charge in [0.1, 0.15) is 6.07 Å². The summed E-state index contributed by atoms with van der Waals surface area (Å²) in [6, 6.07) is 7.17. The zero-order valence-corrected chi connectivity index (χ0v) is 10.2. The van der Waals surface area contributed by atoms with Crippen LogP contribution in [-0.2, 0) is 0 Å². The molecule has 0 atom stereocenters. The predicted molar refractivity (Wildman–Crippen MR) is 62.9 cm³/mol. The van der Waals surface area contributed by atoms with Crippen LogP contribution in [-0.4, -0.2) is 26.0 Å². The summed E-state index contributed by atoms with van der Waals surface area (Å²) in [5.41, 5.74) is 6.48. The maximum Gasteiger partial charge on any atom is 0.101 e. The van der Waals surface area contributed by atoms with Gasteiger partial charge in [-0.3, -0.25) is 0 Å². The normalized spacial score (nSPS) is 8.86. The third-order valence-corrected chi connectivity index (χ3v) is 1.63. The Hall–Kier alpha value is -1.05. The Balaban J connectivity index is 0.000000364. The highest BCUT2D eigenvalue weighted by Gasteiger charge is 1.95. The van der Waals surface area contributed by atoms with Gasteiger partial charge in [0.05, 0.1) is 5.56 Å². The minimum Gasteiger partial charge on any atom is -0.398 e. The number of nitrogen functional groups attached to an aromatic ring is 1. The standard InChI is InChI=1S/C7H5BrN2.C3H9N/c8-6-1-2-7(10)5(3-6)4-9;1-4(2)3/h1-3H,10H2;1-3H3. The van der Waals surface area contributed by atoms with E-state index in [1.165, 1.54) is 0 Å².